The van der Waals surface area contributed by atoms with Gasteiger partial charge in [-0.1, -0.05) is 13.3 Å². The number of benzene rings is 1. The van der Waals surface area contributed by atoms with Crippen LogP contribution in [0.25, 0.3) is 6.08 Å². The highest BCUT2D eigenvalue weighted by Gasteiger charge is 2.47. The third kappa shape index (κ3) is 3.07. The molecule has 4 N–H and O–H groups in total. The molecule has 2 aliphatic heterocycles. The second-order valence-electron chi connectivity index (χ2n) is 7.85. The molecule has 0 saturated carbocycles. The highest BCUT2D eigenvalue weighted by Crippen LogP contribution is 2.45. The number of aliphatic hydroxyl groups is 3. The summed E-state index contributed by atoms with van der Waals surface area (Å²) in [6.07, 6.45) is -1.54. The van der Waals surface area contributed by atoms with Crippen molar-refractivity contribution in [2.24, 2.45) is 0 Å². The SMILES string of the molecule is CCC[C@H]1OC(C)=Cc2cc3c(c(O)c21)C(=O)C([C@H]1O[C@H](CO)[C@@H](O)[C@H]1O)=CC3=O. The quantitative estimate of drug-likeness (QED) is 0.579. The third-order valence-electron chi connectivity index (χ3n) is 5.82. The van der Waals surface area contributed by atoms with Crippen molar-refractivity contribution in [3.63, 3.8) is 0 Å². The number of phenolic OH excluding ortho intramolecular Hbond substituents is 1. The molecule has 5 atom stereocenters. The summed E-state index contributed by atoms with van der Waals surface area (Å²) in [6, 6.07) is 1.57. The van der Waals surface area contributed by atoms with Crippen molar-refractivity contribution in [3.05, 3.63) is 45.7 Å². The molecule has 8 heteroatoms. The van der Waals surface area contributed by atoms with Gasteiger partial charge in [-0.25, -0.2) is 0 Å². The predicted octanol–water partition coefficient (Wildman–Crippen LogP) is 1.41. The second-order valence-corrected chi connectivity index (χ2v) is 7.85. The average molecular weight is 416 g/mol. The Labute approximate surface area is 173 Å². The summed E-state index contributed by atoms with van der Waals surface area (Å²) < 4.78 is 11.3. The fraction of sp³-hybridized carbons (Fsp3) is 0.455. The number of carbonyl (C=O) groups excluding carboxylic acids is 2. The average Bonchev–Trinajstić information content (AvgIpc) is 2.98. The maximum absolute atomic E-state index is 13.3. The van der Waals surface area contributed by atoms with E-state index in [1.54, 1.807) is 19.1 Å². The number of hydrogen-bond donors (Lipinski definition) is 4. The van der Waals surface area contributed by atoms with Gasteiger partial charge in [-0.15, -0.1) is 0 Å². The zero-order valence-corrected chi connectivity index (χ0v) is 16.7. The summed E-state index contributed by atoms with van der Waals surface area (Å²) in [4.78, 5) is 26.1. The van der Waals surface area contributed by atoms with E-state index in [2.05, 4.69) is 0 Å². The Hall–Kier alpha value is -2.52. The largest absolute Gasteiger partial charge is 0.507 e. The summed E-state index contributed by atoms with van der Waals surface area (Å²) in [6.45, 7) is 3.21. The lowest BCUT2D eigenvalue weighted by molar-refractivity contribution is -0.0139. The highest BCUT2D eigenvalue weighted by atomic mass is 16.6. The van der Waals surface area contributed by atoms with Crippen LogP contribution in [0.15, 0.2) is 23.5 Å². The zero-order valence-electron chi connectivity index (χ0n) is 16.7. The Kier molecular flexibility index (Phi) is 5.27. The molecule has 1 aromatic rings. The molecule has 30 heavy (non-hydrogen) atoms. The first-order valence-electron chi connectivity index (χ1n) is 9.96. The zero-order chi connectivity index (χ0) is 21.7. The number of ketones is 2. The number of fused-ring (bicyclic) bond motifs is 2. The Morgan fingerprint density at radius 3 is 2.50 bits per heavy atom. The van der Waals surface area contributed by atoms with Crippen LogP contribution in [0.3, 0.4) is 0 Å². The molecular weight excluding hydrogens is 392 g/mol. The molecule has 160 valence electrons. The van der Waals surface area contributed by atoms with Gasteiger partial charge in [0.05, 0.1) is 17.9 Å². The van der Waals surface area contributed by atoms with Crippen molar-refractivity contribution in [2.75, 3.05) is 6.61 Å². The van der Waals surface area contributed by atoms with Crippen LogP contribution in [-0.4, -0.2) is 63.0 Å². The van der Waals surface area contributed by atoms with Crippen molar-refractivity contribution in [3.8, 4) is 5.75 Å². The van der Waals surface area contributed by atoms with Crippen molar-refractivity contribution in [2.45, 2.75) is 57.2 Å². The number of phenols is 1. The van der Waals surface area contributed by atoms with Gasteiger partial charge in [-0.3, -0.25) is 9.59 Å². The van der Waals surface area contributed by atoms with E-state index in [0.29, 0.717) is 23.3 Å². The van der Waals surface area contributed by atoms with Crippen LogP contribution in [0.2, 0.25) is 0 Å². The normalized spacial score (nSPS) is 30.4. The van der Waals surface area contributed by atoms with Gasteiger partial charge in [0.15, 0.2) is 11.6 Å². The van der Waals surface area contributed by atoms with Gasteiger partial charge in [0.25, 0.3) is 0 Å². The van der Waals surface area contributed by atoms with Crippen LogP contribution < -0.4 is 0 Å². The Bertz CT molecular complexity index is 976. The number of allylic oxidation sites excluding steroid dienone is 2. The van der Waals surface area contributed by atoms with E-state index in [0.717, 1.165) is 12.5 Å². The highest BCUT2D eigenvalue weighted by molar-refractivity contribution is 6.26. The van der Waals surface area contributed by atoms with Crippen LogP contribution in [-0.2, 0) is 9.47 Å². The summed E-state index contributed by atoms with van der Waals surface area (Å²) in [5, 5.41) is 40.6. The van der Waals surface area contributed by atoms with Gasteiger partial charge in [-0.2, -0.15) is 0 Å². The van der Waals surface area contributed by atoms with Crippen molar-refractivity contribution >= 4 is 17.6 Å². The lowest BCUT2D eigenvalue weighted by atomic mass is 9.81. The molecule has 0 radical (unpaired) electrons. The molecule has 0 amide bonds. The maximum atomic E-state index is 13.3. The Morgan fingerprint density at radius 1 is 1.13 bits per heavy atom. The molecule has 0 bridgehead atoms. The molecule has 2 heterocycles. The molecule has 1 fully saturated rings. The van der Waals surface area contributed by atoms with E-state index >= 15 is 0 Å². The first-order valence-corrected chi connectivity index (χ1v) is 9.96. The van der Waals surface area contributed by atoms with Crippen molar-refractivity contribution < 1.29 is 39.5 Å². The molecule has 1 aliphatic carbocycles. The molecule has 0 spiro atoms. The number of aliphatic hydroxyl groups excluding tert-OH is 3. The maximum Gasteiger partial charge on any atom is 0.196 e. The van der Waals surface area contributed by atoms with Crippen LogP contribution in [0.5, 0.6) is 5.75 Å². The van der Waals surface area contributed by atoms with Gasteiger partial charge < -0.3 is 29.9 Å². The van der Waals surface area contributed by atoms with E-state index in [9.17, 15) is 30.0 Å². The van der Waals surface area contributed by atoms with Gasteiger partial charge in [0, 0.05) is 16.7 Å². The summed E-state index contributed by atoms with van der Waals surface area (Å²) >= 11 is 0. The van der Waals surface area contributed by atoms with Gasteiger partial charge in [-0.05, 0) is 37.1 Å². The topological polar surface area (TPSA) is 134 Å². The third-order valence-corrected chi connectivity index (χ3v) is 5.82. The molecule has 0 unspecified atom stereocenters. The second kappa shape index (κ2) is 7.63. The number of rotatable bonds is 4. The molecule has 4 rings (SSSR count). The lowest BCUT2D eigenvalue weighted by Crippen LogP contribution is -2.36. The molecule has 0 aromatic heterocycles. The Morgan fingerprint density at radius 2 is 1.87 bits per heavy atom. The molecule has 3 aliphatic rings. The standard InChI is InChI=1S/C22H24O8/c1-3-4-14-16-10(5-9(2)29-14)6-11-13(24)7-12(18(25)17(11)20(16)27)22-21(28)19(26)15(8-23)30-22/h5-7,14-15,19,21-23,26-28H,3-4,8H2,1-2H3/t14-,15-,19-,21-,22-/m1/s1. The van der Waals surface area contributed by atoms with E-state index in [1.165, 1.54) is 0 Å². The number of Topliss-reactive ketones (excluding diaryl/α,β-unsaturated/α-hetero) is 1. The minimum atomic E-state index is -1.49. The van der Waals surface area contributed by atoms with Crippen LogP contribution >= 0.6 is 0 Å². The van der Waals surface area contributed by atoms with E-state index in [4.69, 9.17) is 9.47 Å². The molecule has 8 nitrogen and oxygen atoms in total. The number of hydrogen-bond acceptors (Lipinski definition) is 8. The van der Waals surface area contributed by atoms with E-state index in [1.807, 2.05) is 6.92 Å². The minimum absolute atomic E-state index is 0.0629. The predicted molar refractivity (Wildman–Crippen MR) is 105 cm³/mol. The van der Waals surface area contributed by atoms with E-state index < -0.39 is 48.7 Å². The van der Waals surface area contributed by atoms with Gasteiger partial charge in [0.2, 0.25) is 0 Å². The van der Waals surface area contributed by atoms with Crippen molar-refractivity contribution in [1.29, 1.82) is 0 Å². The van der Waals surface area contributed by atoms with Gasteiger partial charge >= 0.3 is 0 Å². The Balaban J connectivity index is 1.81. The van der Waals surface area contributed by atoms with Crippen LogP contribution in [0.1, 0.15) is 64.6 Å². The summed E-state index contributed by atoms with van der Waals surface area (Å²) in [5.41, 5.74) is 0.810. The molecular formula is C22H24O8. The first kappa shape index (κ1) is 20.7. The lowest BCUT2D eigenvalue weighted by Gasteiger charge is -2.29. The number of carbonyl (C=O) groups is 2. The van der Waals surface area contributed by atoms with Crippen LogP contribution in [0, 0.1) is 0 Å². The van der Waals surface area contributed by atoms with E-state index in [-0.39, 0.29) is 22.4 Å². The summed E-state index contributed by atoms with van der Waals surface area (Å²) in [5.74, 6) is -0.848. The molecule has 1 saturated heterocycles. The minimum Gasteiger partial charge on any atom is -0.507 e. The summed E-state index contributed by atoms with van der Waals surface area (Å²) in [7, 11) is 0. The smallest absolute Gasteiger partial charge is 0.196 e. The number of ether oxygens (including phenoxy) is 2. The van der Waals surface area contributed by atoms with Gasteiger partial charge in [0.1, 0.15) is 36.3 Å². The monoisotopic (exact) mass is 416 g/mol. The van der Waals surface area contributed by atoms with Crippen molar-refractivity contribution in [1.82, 2.24) is 0 Å². The fourth-order valence-electron chi connectivity index (χ4n) is 4.38. The fourth-order valence-corrected chi connectivity index (χ4v) is 4.38. The number of aromatic hydroxyl groups is 1. The first-order chi connectivity index (χ1) is 14.3. The molecule has 1 aromatic carbocycles. The van der Waals surface area contributed by atoms with Crippen LogP contribution in [0.4, 0.5) is 0 Å².